The van der Waals surface area contributed by atoms with Crippen LogP contribution in [0.1, 0.15) is 56.3 Å². The molecular weight excluding hydrogens is 234 g/mol. The van der Waals surface area contributed by atoms with Crippen molar-refractivity contribution in [2.75, 3.05) is 6.61 Å². The van der Waals surface area contributed by atoms with Crippen molar-refractivity contribution in [2.45, 2.75) is 57.1 Å². The van der Waals surface area contributed by atoms with Crippen molar-refractivity contribution in [3.63, 3.8) is 0 Å². The van der Waals surface area contributed by atoms with Crippen molar-refractivity contribution in [3.05, 3.63) is 35.4 Å². The number of benzene rings is 1. The number of hydrogen-bond acceptors (Lipinski definition) is 2. The molecule has 1 aromatic rings. The molecule has 19 heavy (non-hydrogen) atoms. The van der Waals surface area contributed by atoms with E-state index in [0.717, 1.165) is 38.2 Å². The summed E-state index contributed by atoms with van der Waals surface area (Å²) in [7, 11) is 0. The van der Waals surface area contributed by atoms with Gasteiger partial charge in [-0.1, -0.05) is 44.0 Å². The van der Waals surface area contributed by atoms with Crippen LogP contribution in [-0.4, -0.2) is 12.1 Å². The van der Waals surface area contributed by atoms with Crippen LogP contribution in [0.3, 0.4) is 0 Å². The van der Waals surface area contributed by atoms with E-state index in [0.29, 0.717) is 0 Å². The summed E-state index contributed by atoms with van der Waals surface area (Å²) in [6.07, 6.45) is 7.14. The van der Waals surface area contributed by atoms with E-state index in [1.807, 2.05) is 0 Å². The van der Waals surface area contributed by atoms with Gasteiger partial charge in [-0.2, -0.15) is 0 Å². The standard InChI is InChI=1S/C17H25NO/c1-13-5-4-9-17(18,11-13)12-16-15-7-3-2-6-14(15)8-10-19-16/h2-3,6-7,13,16H,4-5,8-12,18H2,1H3. The number of nitrogens with two attached hydrogens (primary N) is 1. The second kappa shape index (κ2) is 5.26. The minimum absolute atomic E-state index is 0.0210. The topological polar surface area (TPSA) is 35.2 Å². The molecule has 2 aliphatic rings. The second-order valence-corrected chi connectivity index (χ2v) is 6.58. The SMILES string of the molecule is CC1CCCC(N)(CC2OCCc3ccccc32)C1. The first-order chi connectivity index (χ1) is 9.16. The van der Waals surface area contributed by atoms with Gasteiger partial charge in [0.1, 0.15) is 0 Å². The van der Waals surface area contributed by atoms with Gasteiger partial charge in [0.2, 0.25) is 0 Å². The molecule has 0 radical (unpaired) electrons. The van der Waals surface area contributed by atoms with Gasteiger partial charge in [0.15, 0.2) is 0 Å². The first-order valence-corrected chi connectivity index (χ1v) is 7.65. The van der Waals surface area contributed by atoms with Crippen LogP contribution >= 0.6 is 0 Å². The highest BCUT2D eigenvalue weighted by molar-refractivity contribution is 5.31. The van der Waals surface area contributed by atoms with Gasteiger partial charge in [0, 0.05) is 5.54 Å². The lowest BCUT2D eigenvalue weighted by Gasteiger charge is -2.40. The second-order valence-electron chi connectivity index (χ2n) is 6.58. The minimum Gasteiger partial charge on any atom is -0.373 e. The fourth-order valence-electron chi connectivity index (χ4n) is 3.90. The number of hydrogen-bond donors (Lipinski definition) is 1. The van der Waals surface area contributed by atoms with Crippen molar-refractivity contribution in [3.8, 4) is 0 Å². The van der Waals surface area contributed by atoms with Gasteiger partial charge in [0.05, 0.1) is 12.7 Å². The quantitative estimate of drug-likeness (QED) is 0.880. The first kappa shape index (κ1) is 13.1. The number of fused-ring (bicyclic) bond motifs is 1. The summed E-state index contributed by atoms with van der Waals surface area (Å²) in [6, 6.07) is 8.70. The average Bonchev–Trinajstić information content (AvgIpc) is 2.38. The van der Waals surface area contributed by atoms with Crippen LogP contribution in [0, 0.1) is 5.92 Å². The summed E-state index contributed by atoms with van der Waals surface area (Å²) in [5.74, 6) is 0.762. The maximum atomic E-state index is 6.66. The zero-order chi connectivity index (χ0) is 13.3. The zero-order valence-electron chi connectivity index (χ0n) is 11.9. The Morgan fingerprint density at radius 2 is 2.21 bits per heavy atom. The molecule has 104 valence electrons. The maximum absolute atomic E-state index is 6.66. The summed E-state index contributed by atoms with van der Waals surface area (Å²) >= 11 is 0. The van der Waals surface area contributed by atoms with Crippen molar-refractivity contribution in [2.24, 2.45) is 11.7 Å². The molecule has 3 rings (SSSR count). The van der Waals surface area contributed by atoms with Crippen molar-refractivity contribution >= 4 is 0 Å². The van der Waals surface area contributed by atoms with E-state index in [-0.39, 0.29) is 11.6 Å². The lowest BCUT2D eigenvalue weighted by Crippen LogP contribution is -2.45. The van der Waals surface area contributed by atoms with E-state index in [1.165, 1.54) is 24.0 Å². The highest BCUT2D eigenvalue weighted by Gasteiger charge is 2.35. The molecule has 3 unspecified atom stereocenters. The lowest BCUT2D eigenvalue weighted by molar-refractivity contribution is 0.0123. The largest absolute Gasteiger partial charge is 0.373 e. The molecule has 1 aromatic carbocycles. The summed E-state index contributed by atoms with van der Waals surface area (Å²) in [4.78, 5) is 0. The molecule has 1 aliphatic heterocycles. The Labute approximate surface area is 116 Å². The molecular formula is C17H25NO. The fourth-order valence-corrected chi connectivity index (χ4v) is 3.90. The maximum Gasteiger partial charge on any atom is 0.0845 e. The summed E-state index contributed by atoms with van der Waals surface area (Å²) in [5.41, 5.74) is 9.46. The third-order valence-electron chi connectivity index (χ3n) is 4.81. The molecule has 2 heteroatoms. The number of rotatable bonds is 2. The molecule has 1 fully saturated rings. The predicted octanol–water partition coefficient (Wildman–Crippen LogP) is 3.60. The van der Waals surface area contributed by atoms with Crippen LogP contribution in [-0.2, 0) is 11.2 Å². The van der Waals surface area contributed by atoms with E-state index in [4.69, 9.17) is 10.5 Å². The molecule has 1 aliphatic carbocycles. The first-order valence-electron chi connectivity index (χ1n) is 7.65. The van der Waals surface area contributed by atoms with Crippen LogP contribution in [0.5, 0.6) is 0 Å². The van der Waals surface area contributed by atoms with Gasteiger partial charge in [-0.25, -0.2) is 0 Å². The van der Waals surface area contributed by atoms with Gasteiger partial charge in [-0.15, -0.1) is 0 Å². The van der Waals surface area contributed by atoms with Gasteiger partial charge in [0.25, 0.3) is 0 Å². The monoisotopic (exact) mass is 259 g/mol. The molecule has 0 saturated heterocycles. The van der Waals surface area contributed by atoms with Crippen LogP contribution in [0.15, 0.2) is 24.3 Å². The highest BCUT2D eigenvalue weighted by Crippen LogP contribution is 2.39. The van der Waals surface area contributed by atoms with Gasteiger partial charge < -0.3 is 10.5 Å². The molecule has 0 amide bonds. The van der Waals surface area contributed by atoms with Crippen molar-refractivity contribution < 1.29 is 4.74 Å². The molecule has 3 atom stereocenters. The minimum atomic E-state index is -0.0210. The van der Waals surface area contributed by atoms with Gasteiger partial charge in [-0.3, -0.25) is 0 Å². The summed E-state index contributed by atoms with van der Waals surface area (Å²) in [6.45, 7) is 3.17. The van der Waals surface area contributed by atoms with Gasteiger partial charge in [-0.05, 0) is 42.7 Å². The molecule has 0 bridgehead atoms. The van der Waals surface area contributed by atoms with E-state index < -0.39 is 0 Å². The molecule has 2 N–H and O–H groups in total. The van der Waals surface area contributed by atoms with E-state index in [9.17, 15) is 0 Å². The fraction of sp³-hybridized carbons (Fsp3) is 0.647. The Balaban J connectivity index is 1.77. The Morgan fingerprint density at radius 3 is 3.05 bits per heavy atom. The van der Waals surface area contributed by atoms with Crippen molar-refractivity contribution in [1.29, 1.82) is 0 Å². The highest BCUT2D eigenvalue weighted by atomic mass is 16.5. The summed E-state index contributed by atoms with van der Waals surface area (Å²) in [5, 5.41) is 0. The van der Waals surface area contributed by atoms with Crippen LogP contribution in [0.25, 0.3) is 0 Å². The molecule has 0 spiro atoms. The van der Waals surface area contributed by atoms with Crippen LogP contribution < -0.4 is 5.73 Å². The Bertz CT molecular complexity index is 445. The van der Waals surface area contributed by atoms with E-state index >= 15 is 0 Å². The van der Waals surface area contributed by atoms with E-state index in [2.05, 4.69) is 31.2 Å². The summed E-state index contributed by atoms with van der Waals surface area (Å²) < 4.78 is 6.03. The van der Waals surface area contributed by atoms with Crippen molar-refractivity contribution in [1.82, 2.24) is 0 Å². The Hall–Kier alpha value is -0.860. The van der Waals surface area contributed by atoms with E-state index in [1.54, 1.807) is 0 Å². The predicted molar refractivity (Wildman–Crippen MR) is 78.0 cm³/mol. The third kappa shape index (κ3) is 2.85. The van der Waals surface area contributed by atoms with Gasteiger partial charge >= 0.3 is 0 Å². The smallest absolute Gasteiger partial charge is 0.0845 e. The molecule has 1 saturated carbocycles. The number of ether oxygens (including phenoxy) is 1. The Morgan fingerprint density at radius 1 is 1.37 bits per heavy atom. The van der Waals surface area contributed by atoms with Crippen LogP contribution in [0.4, 0.5) is 0 Å². The third-order valence-corrected chi connectivity index (χ3v) is 4.81. The molecule has 2 nitrogen and oxygen atoms in total. The average molecular weight is 259 g/mol. The van der Waals surface area contributed by atoms with Crippen LogP contribution in [0.2, 0.25) is 0 Å². The molecule has 1 heterocycles. The Kier molecular flexibility index (Phi) is 3.64. The normalized spacial score (nSPS) is 34.8. The zero-order valence-corrected chi connectivity index (χ0v) is 11.9. The lowest BCUT2D eigenvalue weighted by atomic mass is 9.73. The molecule has 0 aromatic heterocycles.